The number of rotatable bonds is 7. The molecule has 3 aromatic rings. The third kappa shape index (κ3) is 4.83. The molecule has 0 fully saturated rings. The Morgan fingerprint density at radius 1 is 1.29 bits per heavy atom. The van der Waals surface area contributed by atoms with Gasteiger partial charge in [-0.2, -0.15) is 0 Å². The molecule has 0 N–H and O–H groups in total. The van der Waals surface area contributed by atoms with Crippen molar-refractivity contribution >= 4 is 50.9 Å². The maximum Gasteiger partial charge on any atom is 0.433 e. The van der Waals surface area contributed by atoms with Gasteiger partial charge in [-0.05, 0) is 51.3 Å². The van der Waals surface area contributed by atoms with E-state index in [1.54, 1.807) is 6.07 Å². The van der Waals surface area contributed by atoms with Crippen molar-refractivity contribution in [2.45, 2.75) is 6.42 Å². The second kappa shape index (κ2) is 9.09. The standard InChI is InChI=1S/C17H17FN4O4S.ClH/c1-20(2)8-3-9-21(16(23)13-6-7-15(26-13)22(24)25)17-19-12-5-4-11(18)10-14(12)27-17;/h4-7,10H,3,8-9H2,1-2H3;1H. The highest BCUT2D eigenvalue weighted by Gasteiger charge is 2.26. The molecule has 0 radical (unpaired) electrons. The molecular weight excluding hydrogens is 411 g/mol. The summed E-state index contributed by atoms with van der Waals surface area (Å²) >= 11 is 1.18. The van der Waals surface area contributed by atoms with Gasteiger partial charge in [-0.25, -0.2) is 9.37 Å². The summed E-state index contributed by atoms with van der Waals surface area (Å²) in [5.41, 5.74) is 0.576. The maximum atomic E-state index is 13.5. The van der Waals surface area contributed by atoms with Crippen molar-refractivity contribution in [1.82, 2.24) is 9.88 Å². The van der Waals surface area contributed by atoms with Gasteiger partial charge in [0.05, 0.1) is 16.3 Å². The molecule has 0 aliphatic rings. The largest absolute Gasteiger partial charge is 0.433 e. The van der Waals surface area contributed by atoms with Crippen molar-refractivity contribution in [1.29, 1.82) is 0 Å². The number of amides is 1. The molecule has 150 valence electrons. The summed E-state index contributed by atoms with van der Waals surface area (Å²) in [6.45, 7) is 1.08. The lowest BCUT2D eigenvalue weighted by Gasteiger charge is -2.19. The van der Waals surface area contributed by atoms with Gasteiger partial charge >= 0.3 is 5.88 Å². The van der Waals surface area contributed by atoms with E-state index in [2.05, 4.69) is 4.98 Å². The number of thiazole rings is 1. The van der Waals surface area contributed by atoms with Crippen molar-refractivity contribution in [2.24, 2.45) is 0 Å². The van der Waals surface area contributed by atoms with Crippen molar-refractivity contribution < 1.29 is 18.5 Å². The van der Waals surface area contributed by atoms with Gasteiger partial charge in [0.2, 0.25) is 0 Å². The van der Waals surface area contributed by atoms with Gasteiger partial charge in [-0.3, -0.25) is 19.8 Å². The Labute approximate surface area is 170 Å². The van der Waals surface area contributed by atoms with E-state index in [0.29, 0.717) is 28.3 Å². The molecule has 2 heterocycles. The quantitative estimate of drug-likeness (QED) is 0.417. The minimum Gasteiger partial charge on any atom is -0.395 e. The molecule has 0 unspecified atom stereocenters. The second-order valence-electron chi connectivity index (χ2n) is 6.12. The first kappa shape index (κ1) is 21.7. The van der Waals surface area contributed by atoms with E-state index in [4.69, 9.17) is 4.42 Å². The number of hydrogen-bond donors (Lipinski definition) is 0. The van der Waals surface area contributed by atoms with Gasteiger partial charge in [-0.1, -0.05) is 11.3 Å². The van der Waals surface area contributed by atoms with Gasteiger partial charge < -0.3 is 9.32 Å². The average molecular weight is 429 g/mol. The van der Waals surface area contributed by atoms with Gasteiger partial charge in [0.25, 0.3) is 5.91 Å². The van der Waals surface area contributed by atoms with Crippen LogP contribution in [0.5, 0.6) is 0 Å². The number of hydrogen-bond acceptors (Lipinski definition) is 7. The van der Waals surface area contributed by atoms with Crippen LogP contribution in [-0.4, -0.2) is 47.9 Å². The van der Waals surface area contributed by atoms with Crippen molar-refractivity contribution in [3.05, 3.63) is 52.0 Å². The number of fused-ring (bicyclic) bond motifs is 1. The summed E-state index contributed by atoms with van der Waals surface area (Å²) in [6, 6.07) is 6.62. The van der Waals surface area contributed by atoms with E-state index in [1.165, 1.54) is 34.4 Å². The number of nitrogens with zero attached hydrogens (tertiary/aromatic N) is 4. The number of carbonyl (C=O) groups is 1. The van der Waals surface area contributed by atoms with Crippen LogP contribution >= 0.6 is 23.7 Å². The number of nitro groups is 1. The van der Waals surface area contributed by atoms with E-state index in [-0.39, 0.29) is 24.0 Å². The van der Waals surface area contributed by atoms with Crippen LogP contribution in [-0.2, 0) is 0 Å². The smallest absolute Gasteiger partial charge is 0.395 e. The Morgan fingerprint density at radius 3 is 2.68 bits per heavy atom. The summed E-state index contributed by atoms with van der Waals surface area (Å²) in [5.74, 6) is -1.55. The lowest BCUT2D eigenvalue weighted by atomic mass is 10.3. The Morgan fingerprint density at radius 2 is 2.04 bits per heavy atom. The Bertz CT molecular complexity index is 991. The van der Waals surface area contributed by atoms with Crippen LogP contribution in [0.25, 0.3) is 10.2 Å². The highest BCUT2D eigenvalue weighted by Crippen LogP contribution is 2.31. The van der Waals surface area contributed by atoms with Crippen molar-refractivity contribution in [2.75, 3.05) is 32.1 Å². The minimum absolute atomic E-state index is 0. The molecule has 0 saturated heterocycles. The van der Waals surface area contributed by atoms with E-state index in [1.807, 2.05) is 19.0 Å². The molecule has 2 aromatic heterocycles. The summed E-state index contributed by atoms with van der Waals surface area (Å²) in [5, 5.41) is 11.2. The fourth-order valence-corrected chi connectivity index (χ4v) is 3.52. The number of furan rings is 1. The van der Waals surface area contributed by atoms with Gasteiger partial charge in [0.1, 0.15) is 10.7 Å². The highest BCUT2D eigenvalue weighted by molar-refractivity contribution is 7.22. The van der Waals surface area contributed by atoms with Crippen LogP contribution in [0.15, 0.2) is 34.7 Å². The van der Waals surface area contributed by atoms with Gasteiger partial charge in [0, 0.05) is 6.54 Å². The van der Waals surface area contributed by atoms with E-state index in [0.717, 1.165) is 12.6 Å². The van der Waals surface area contributed by atoms with Crippen LogP contribution in [0.1, 0.15) is 17.0 Å². The van der Waals surface area contributed by atoms with Crippen molar-refractivity contribution in [3.63, 3.8) is 0 Å². The summed E-state index contributed by atoms with van der Waals surface area (Å²) in [4.78, 5) is 30.8. The third-order valence-corrected chi connectivity index (χ3v) is 4.83. The molecule has 1 aromatic carbocycles. The van der Waals surface area contributed by atoms with Crippen LogP contribution < -0.4 is 4.90 Å². The molecule has 0 bridgehead atoms. The average Bonchev–Trinajstić information content (AvgIpc) is 3.24. The first-order valence-corrected chi connectivity index (χ1v) is 8.93. The molecule has 0 saturated carbocycles. The molecule has 3 rings (SSSR count). The molecular formula is C17H18ClFN4O4S. The molecule has 28 heavy (non-hydrogen) atoms. The Kier molecular flexibility index (Phi) is 7.05. The first-order valence-electron chi connectivity index (χ1n) is 8.12. The lowest BCUT2D eigenvalue weighted by Crippen LogP contribution is -2.33. The first-order chi connectivity index (χ1) is 12.8. The third-order valence-electron chi connectivity index (χ3n) is 3.78. The maximum absolute atomic E-state index is 13.5. The molecule has 0 aliphatic heterocycles. The summed E-state index contributed by atoms with van der Waals surface area (Å²) < 4.78 is 19.1. The van der Waals surface area contributed by atoms with Crippen LogP contribution in [0.4, 0.5) is 15.4 Å². The van der Waals surface area contributed by atoms with E-state index in [9.17, 15) is 19.3 Å². The number of benzene rings is 1. The lowest BCUT2D eigenvalue weighted by molar-refractivity contribution is -0.402. The van der Waals surface area contributed by atoms with Gasteiger partial charge in [-0.15, -0.1) is 12.4 Å². The van der Waals surface area contributed by atoms with Crippen LogP contribution in [0, 0.1) is 15.9 Å². The zero-order chi connectivity index (χ0) is 19.6. The predicted octanol–water partition coefficient (Wildman–Crippen LogP) is 3.96. The Hall–Kier alpha value is -2.56. The predicted molar refractivity (Wildman–Crippen MR) is 107 cm³/mol. The number of carbonyl (C=O) groups excluding carboxylic acids is 1. The monoisotopic (exact) mass is 428 g/mol. The fraction of sp³-hybridized carbons (Fsp3) is 0.294. The van der Waals surface area contributed by atoms with Crippen LogP contribution in [0.2, 0.25) is 0 Å². The van der Waals surface area contributed by atoms with Crippen molar-refractivity contribution in [3.8, 4) is 0 Å². The minimum atomic E-state index is -0.701. The zero-order valence-electron chi connectivity index (χ0n) is 15.1. The molecule has 0 atom stereocenters. The highest BCUT2D eigenvalue weighted by atomic mass is 35.5. The van der Waals surface area contributed by atoms with Crippen LogP contribution in [0.3, 0.4) is 0 Å². The topological polar surface area (TPSA) is 92.7 Å². The molecule has 11 heteroatoms. The number of aromatic nitrogens is 1. The SMILES string of the molecule is CN(C)CCCN(C(=O)c1ccc([N+](=O)[O-])o1)c1nc2ccc(F)cc2s1.Cl. The molecule has 0 spiro atoms. The summed E-state index contributed by atoms with van der Waals surface area (Å²) in [6.07, 6.45) is 0.659. The van der Waals surface area contributed by atoms with E-state index < -0.39 is 16.7 Å². The van der Waals surface area contributed by atoms with Gasteiger partial charge in [0.15, 0.2) is 10.9 Å². The van der Waals surface area contributed by atoms with E-state index >= 15 is 0 Å². The molecule has 0 aliphatic carbocycles. The Balaban J connectivity index is 0.00000280. The second-order valence-corrected chi connectivity index (χ2v) is 7.13. The fourth-order valence-electron chi connectivity index (χ4n) is 2.50. The zero-order valence-corrected chi connectivity index (χ0v) is 16.8. The normalized spacial score (nSPS) is 10.9. The summed E-state index contributed by atoms with van der Waals surface area (Å²) in [7, 11) is 3.84. The molecule has 8 nitrogen and oxygen atoms in total. The number of halogens is 2. The molecule has 1 amide bonds. The number of anilines is 1.